The lowest BCUT2D eigenvalue weighted by Gasteiger charge is -2.53. The summed E-state index contributed by atoms with van der Waals surface area (Å²) in [4.78, 5) is 6.51. The lowest BCUT2D eigenvalue weighted by molar-refractivity contribution is -0.0134. The Kier molecular flexibility index (Phi) is 2.80. The molecule has 1 N–H and O–H groups in total. The minimum absolute atomic E-state index is 0.472. The first-order valence-electron chi connectivity index (χ1n) is 9.62. The Balaban J connectivity index is 1.68. The van der Waals surface area contributed by atoms with E-state index in [9.17, 15) is 0 Å². The van der Waals surface area contributed by atoms with Gasteiger partial charge in [0.25, 0.3) is 0 Å². The number of piperidine rings is 2. The molecule has 3 heteroatoms. The zero-order chi connectivity index (χ0) is 16.4. The molecule has 2 aromatic rings. The maximum Gasteiger partial charge on any atom is 0.119 e. The van der Waals surface area contributed by atoms with Gasteiger partial charge in [-0.15, -0.1) is 0 Å². The maximum atomic E-state index is 8.14. The summed E-state index contributed by atoms with van der Waals surface area (Å²) in [6, 6.07) is 5.21. The summed E-state index contributed by atoms with van der Waals surface area (Å²) in [5.74, 6) is 3.04. The highest BCUT2D eigenvalue weighted by molar-refractivity contribution is 5.86. The van der Waals surface area contributed by atoms with Crippen LogP contribution in [0.1, 0.15) is 44.7 Å². The molecule has 1 aliphatic carbocycles. The van der Waals surface area contributed by atoms with E-state index in [0.717, 1.165) is 23.8 Å². The summed E-state index contributed by atoms with van der Waals surface area (Å²) in [5, 5.41) is 1.27. The van der Waals surface area contributed by atoms with Crippen LogP contribution in [0.25, 0.3) is 10.9 Å². The van der Waals surface area contributed by atoms with Crippen LogP contribution in [0.5, 0.6) is 5.75 Å². The summed E-state index contributed by atoms with van der Waals surface area (Å²) < 4.78 is 13.5. The SMILES string of the molecule is [2H]c1cc2[nH]c3c(c2cc1OC)CCN1C[C@@H]2C[C@H](CC)[C@H]1[C@H]3C2. The van der Waals surface area contributed by atoms with Gasteiger partial charge in [-0.3, -0.25) is 4.90 Å². The average Bonchev–Trinajstić information content (AvgIpc) is 2.90. The molecule has 23 heavy (non-hydrogen) atoms. The summed E-state index contributed by atoms with van der Waals surface area (Å²) in [5.41, 5.74) is 4.07. The van der Waals surface area contributed by atoms with E-state index in [0.29, 0.717) is 23.8 Å². The van der Waals surface area contributed by atoms with E-state index in [1.165, 1.54) is 49.0 Å². The van der Waals surface area contributed by atoms with Crippen molar-refractivity contribution in [1.82, 2.24) is 9.88 Å². The monoisotopic (exact) mass is 311 g/mol. The van der Waals surface area contributed by atoms with Crippen molar-refractivity contribution in [3.8, 4) is 5.75 Å². The van der Waals surface area contributed by atoms with E-state index in [4.69, 9.17) is 6.11 Å². The van der Waals surface area contributed by atoms with Gasteiger partial charge in [0.15, 0.2) is 0 Å². The number of ether oxygens (including phenoxy) is 1. The molecule has 5 atom stereocenters. The standard InChI is InChI=1S/C20H26N2O/c1-3-13-8-12-9-17-19-15(6-7-22(11-12)20(13)17)16-10-14(23-2)4-5-18(16)21-19/h4-5,10,12-13,17,20-21H,3,6-9,11H2,1-2H3/t12-,13+,17+,20+/m1/s1/i4D. The van der Waals surface area contributed by atoms with Gasteiger partial charge in [-0.25, -0.2) is 0 Å². The molecule has 1 saturated carbocycles. The van der Waals surface area contributed by atoms with Gasteiger partial charge in [0.1, 0.15) is 5.75 Å². The second kappa shape index (κ2) is 5.01. The third-order valence-corrected chi connectivity index (χ3v) is 6.64. The van der Waals surface area contributed by atoms with E-state index >= 15 is 0 Å². The molecule has 2 saturated heterocycles. The van der Waals surface area contributed by atoms with Crippen LogP contribution in [0.2, 0.25) is 0 Å². The first-order valence-corrected chi connectivity index (χ1v) is 9.12. The number of nitrogens with zero attached hydrogens (tertiary/aromatic N) is 1. The zero-order valence-corrected chi connectivity index (χ0v) is 14.1. The summed E-state index contributed by atoms with van der Waals surface area (Å²) in [6.45, 7) is 4.85. The molecule has 1 unspecified atom stereocenters. The highest BCUT2D eigenvalue weighted by Gasteiger charge is 2.48. The Hall–Kier alpha value is -1.48. The highest BCUT2D eigenvalue weighted by atomic mass is 16.5. The fourth-order valence-electron chi connectivity index (χ4n) is 5.73. The van der Waals surface area contributed by atoms with Crippen molar-refractivity contribution >= 4 is 10.9 Å². The van der Waals surface area contributed by atoms with Crippen molar-refractivity contribution in [2.45, 2.75) is 44.6 Å². The summed E-state index contributed by atoms with van der Waals surface area (Å²) >= 11 is 0. The number of benzene rings is 1. The fourth-order valence-corrected chi connectivity index (χ4v) is 5.73. The largest absolute Gasteiger partial charge is 0.497 e. The molecular weight excluding hydrogens is 284 g/mol. The van der Waals surface area contributed by atoms with E-state index in [1.807, 2.05) is 6.07 Å². The Morgan fingerprint density at radius 3 is 3.17 bits per heavy atom. The predicted molar refractivity (Wildman–Crippen MR) is 93.2 cm³/mol. The van der Waals surface area contributed by atoms with Crippen molar-refractivity contribution < 1.29 is 6.11 Å². The van der Waals surface area contributed by atoms with Crippen LogP contribution < -0.4 is 4.74 Å². The number of fused-ring (bicyclic) bond motifs is 4. The quantitative estimate of drug-likeness (QED) is 0.910. The Morgan fingerprint density at radius 1 is 1.43 bits per heavy atom. The van der Waals surface area contributed by atoms with Crippen LogP contribution in [0, 0.1) is 11.8 Å². The lowest BCUT2D eigenvalue weighted by Crippen LogP contribution is -2.56. The van der Waals surface area contributed by atoms with E-state index < -0.39 is 0 Å². The Bertz CT molecular complexity index is 799. The van der Waals surface area contributed by atoms with Crippen LogP contribution in [0.4, 0.5) is 0 Å². The lowest BCUT2D eigenvalue weighted by atomic mass is 9.65. The number of methoxy groups -OCH3 is 1. The summed E-state index contributed by atoms with van der Waals surface area (Å²) in [6.07, 6.45) is 5.18. The molecule has 3 fully saturated rings. The van der Waals surface area contributed by atoms with Gasteiger partial charge in [-0.05, 0) is 54.8 Å². The van der Waals surface area contributed by atoms with Gasteiger partial charge in [0.2, 0.25) is 0 Å². The van der Waals surface area contributed by atoms with Crippen LogP contribution in [0.15, 0.2) is 18.2 Å². The number of hydrogen-bond donors (Lipinski definition) is 1. The molecule has 4 heterocycles. The van der Waals surface area contributed by atoms with Crippen molar-refractivity contribution in [2.24, 2.45) is 11.8 Å². The van der Waals surface area contributed by atoms with Crippen molar-refractivity contribution in [1.29, 1.82) is 0 Å². The molecule has 1 aromatic heterocycles. The number of nitrogens with one attached hydrogen (secondary N) is 1. The molecule has 3 nitrogen and oxygen atoms in total. The second-order valence-electron chi connectivity index (χ2n) is 7.69. The molecule has 4 bridgehead atoms. The molecule has 0 radical (unpaired) electrons. The number of H-pyrrole nitrogens is 1. The first-order chi connectivity index (χ1) is 11.7. The van der Waals surface area contributed by atoms with Crippen LogP contribution >= 0.6 is 0 Å². The molecule has 0 spiro atoms. The van der Waals surface area contributed by atoms with Crippen LogP contribution in [-0.2, 0) is 6.42 Å². The zero-order valence-electron chi connectivity index (χ0n) is 15.1. The molecule has 3 aliphatic heterocycles. The van der Waals surface area contributed by atoms with Crippen molar-refractivity contribution in [3.63, 3.8) is 0 Å². The normalized spacial score (nSPS) is 35.7. The minimum atomic E-state index is 0.472. The van der Waals surface area contributed by atoms with E-state index in [2.05, 4.69) is 22.9 Å². The Labute approximate surface area is 139 Å². The molecule has 6 rings (SSSR count). The molecular formula is C20H26N2O. The first kappa shape index (κ1) is 12.9. The molecule has 1 aromatic carbocycles. The highest BCUT2D eigenvalue weighted by Crippen LogP contribution is 2.51. The topological polar surface area (TPSA) is 28.3 Å². The summed E-state index contributed by atoms with van der Waals surface area (Å²) in [7, 11) is 1.66. The van der Waals surface area contributed by atoms with Crippen molar-refractivity contribution in [3.05, 3.63) is 29.4 Å². The van der Waals surface area contributed by atoms with Gasteiger partial charge >= 0.3 is 0 Å². The third-order valence-electron chi connectivity index (χ3n) is 6.64. The number of rotatable bonds is 2. The van der Waals surface area contributed by atoms with Gasteiger partial charge in [0.05, 0.1) is 8.48 Å². The van der Waals surface area contributed by atoms with Crippen molar-refractivity contribution in [2.75, 3.05) is 20.2 Å². The molecule has 122 valence electrons. The number of aromatic amines is 1. The number of hydrogen-bond acceptors (Lipinski definition) is 2. The Morgan fingerprint density at radius 2 is 2.35 bits per heavy atom. The second-order valence-corrected chi connectivity index (χ2v) is 7.69. The average molecular weight is 311 g/mol. The molecule has 0 amide bonds. The van der Waals surface area contributed by atoms with E-state index in [-0.39, 0.29) is 0 Å². The van der Waals surface area contributed by atoms with Crippen LogP contribution in [0.3, 0.4) is 0 Å². The van der Waals surface area contributed by atoms with Gasteiger partial charge in [-0.2, -0.15) is 0 Å². The predicted octanol–water partition coefficient (Wildman–Crippen LogP) is 3.94. The third kappa shape index (κ3) is 1.92. The van der Waals surface area contributed by atoms with Gasteiger partial charge in [0, 0.05) is 41.6 Å². The van der Waals surface area contributed by atoms with E-state index in [1.54, 1.807) is 7.11 Å². The minimum Gasteiger partial charge on any atom is -0.497 e. The van der Waals surface area contributed by atoms with Gasteiger partial charge in [-0.1, -0.05) is 13.3 Å². The van der Waals surface area contributed by atoms with Gasteiger partial charge < -0.3 is 9.72 Å². The maximum absolute atomic E-state index is 8.14. The molecule has 4 aliphatic rings. The fraction of sp³-hybridized carbons (Fsp3) is 0.600. The smallest absolute Gasteiger partial charge is 0.119 e. The number of aromatic nitrogens is 1. The van der Waals surface area contributed by atoms with Crippen LogP contribution in [-0.4, -0.2) is 36.1 Å².